The smallest absolute Gasteiger partial charge is 0.142 e. The van der Waals surface area contributed by atoms with Crippen LogP contribution in [0, 0.1) is 0 Å². The predicted molar refractivity (Wildman–Crippen MR) is 58.4 cm³/mol. The average molecular weight is 221 g/mol. The second-order valence-corrected chi connectivity index (χ2v) is 3.32. The van der Waals surface area contributed by atoms with Crippen LogP contribution in [-0.4, -0.2) is 23.1 Å². The molecular weight excluding hydrogens is 210 g/mol. The first-order valence-electron chi connectivity index (χ1n) is 4.65. The fourth-order valence-corrected chi connectivity index (χ4v) is 1.68. The molecular formula is C11H11NO4. The molecule has 0 spiro atoms. The van der Waals surface area contributed by atoms with Gasteiger partial charge in [0.25, 0.3) is 0 Å². The molecule has 0 bridgehead atoms. The van der Waals surface area contributed by atoms with Gasteiger partial charge in [0.05, 0.1) is 30.0 Å². The molecule has 0 unspecified atom stereocenters. The summed E-state index contributed by atoms with van der Waals surface area (Å²) in [7, 11) is 1.48. The zero-order valence-corrected chi connectivity index (χ0v) is 8.89. The summed E-state index contributed by atoms with van der Waals surface area (Å²) >= 11 is 0. The molecule has 1 heterocycles. The van der Waals surface area contributed by atoms with E-state index in [1.807, 2.05) is 0 Å². The van der Waals surface area contributed by atoms with E-state index in [1.54, 1.807) is 13.0 Å². The SMILES string of the molecule is COc1c(/C(C)=N/O)c(O)cc2occc12. The molecule has 1 aromatic heterocycles. The predicted octanol–water partition coefficient (Wildman–Crippen LogP) is 2.35. The van der Waals surface area contributed by atoms with E-state index in [4.69, 9.17) is 14.4 Å². The summed E-state index contributed by atoms with van der Waals surface area (Å²) in [6.45, 7) is 1.57. The van der Waals surface area contributed by atoms with E-state index in [1.165, 1.54) is 19.4 Å². The number of aromatic hydroxyl groups is 1. The summed E-state index contributed by atoms with van der Waals surface area (Å²) in [6.07, 6.45) is 1.50. The fourth-order valence-electron chi connectivity index (χ4n) is 1.68. The van der Waals surface area contributed by atoms with Crippen molar-refractivity contribution < 1.29 is 19.5 Å². The van der Waals surface area contributed by atoms with Crippen LogP contribution in [0.3, 0.4) is 0 Å². The maximum Gasteiger partial charge on any atom is 0.142 e. The molecule has 2 N–H and O–H groups in total. The number of hydrogen-bond donors (Lipinski definition) is 2. The number of ether oxygens (including phenoxy) is 1. The van der Waals surface area contributed by atoms with Crippen LogP contribution < -0.4 is 4.74 Å². The highest BCUT2D eigenvalue weighted by Crippen LogP contribution is 2.37. The van der Waals surface area contributed by atoms with Gasteiger partial charge in [-0.25, -0.2) is 0 Å². The number of phenols is 1. The monoisotopic (exact) mass is 221 g/mol. The third-order valence-electron chi connectivity index (χ3n) is 2.41. The molecule has 84 valence electrons. The largest absolute Gasteiger partial charge is 0.507 e. The number of methoxy groups -OCH3 is 1. The van der Waals surface area contributed by atoms with Gasteiger partial charge in [-0.3, -0.25) is 0 Å². The lowest BCUT2D eigenvalue weighted by atomic mass is 10.1. The summed E-state index contributed by atoms with van der Waals surface area (Å²) in [6, 6.07) is 3.18. The first-order valence-corrected chi connectivity index (χ1v) is 4.65. The normalized spacial score (nSPS) is 12.0. The maximum atomic E-state index is 9.81. The van der Waals surface area contributed by atoms with Gasteiger partial charge in [-0.1, -0.05) is 5.16 Å². The maximum absolute atomic E-state index is 9.81. The Bertz CT molecular complexity index is 556. The topological polar surface area (TPSA) is 75.2 Å². The molecule has 0 amide bonds. The van der Waals surface area contributed by atoms with E-state index in [9.17, 15) is 5.11 Å². The second kappa shape index (κ2) is 3.77. The van der Waals surface area contributed by atoms with E-state index in [0.29, 0.717) is 16.9 Å². The molecule has 0 aliphatic carbocycles. The molecule has 0 saturated heterocycles. The van der Waals surface area contributed by atoms with Crippen molar-refractivity contribution in [2.24, 2.45) is 5.16 Å². The van der Waals surface area contributed by atoms with E-state index in [-0.39, 0.29) is 11.5 Å². The molecule has 5 nitrogen and oxygen atoms in total. The van der Waals surface area contributed by atoms with Crippen LogP contribution in [0.4, 0.5) is 0 Å². The third kappa shape index (κ3) is 1.37. The quantitative estimate of drug-likeness (QED) is 0.463. The van der Waals surface area contributed by atoms with E-state index < -0.39 is 0 Å². The van der Waals surface area contributed by atoms with Crippen molar-refractivity contribution in [1.82, 2.24) is 0 Å². The van der Waals surface area contributed by atoms with Gasteiger partial charge < -0.3 is 19.5 Å². The fraction of sp³-hybridized carbons (Fsp3) is 0.182. The van der Waals surface area contributed by atoms with Crippen molar-refractivity contribution >= 4 is 16.7 Å². The number of fused-ring (bicyclic) bond motifs is 1. The summed E-state index contributed by atoms with van der Waals surface area (Å²) in [5, 5.41) is 22.3. The standard InChI is InChI=1S/C11H11NO4/c1-6(12-14)10-8(13)5-9-7(3-4-16-9)11(10)15-2/h3-5,13-14H,1-2H3/b12-6+. The van der Waals surface area contributed by atoms with Gasteiger partial charge >= 0.3 is 0 Å². The Morgan fingerprint density at radius 3 is 2.88 bits per heavy atom. The molecule has 1 aromatic carbocycles. The Morgan fingerprint density at radius 2 is 2.25 bits per heavy atom. The van der Waals surface area contributed by atoms with Crippen LogP contribution in [0.5, 0.6) is 11.5 Å². The van der Waals surface area contributed by atoms with Crippen molar-refractivity contribution in [3.8, 4) is 11.5 Å². The molecule has 0 saturated carbocycles. The number of furan rings is 1. The Kier molecular flexibility index (Phi) is 2.44. The van der Waals surface area contributed by atoms with Gasteiger partial charge in [-0.05, 0) is 13.0 Å². The van der Waals surface area contributed by atoms with Gasteiger partial charge in [0.15, 0.2) is 0 Å². The van der Waals surface area contributed by atoms with Crippen LogP contribution in [0.25, 0.3) is 11.0 Å². The number of oxime groups is 1. The third-order valence-corrected chi connectivity index (χ3v) is 2.41. The lowest BCUT2D eigenvalue weighted by Gasteiger charge is -2.10. The highest BCUT2D eigenvalue weighted by atomic mass is 16.5. The second-order valence-electron chi connectivity index (χ2n) is 3.32. The van der Waals surface area contributed by atoms with Crippen LogP contribution in [0.2, 0.25) is 0 Å². The minimum Gasteiger partial charge on any atom is -0.507 e. The number of hydrogen-bond acceptors (Lipinski definition) is 5. The number of phenolic OH excluding ortho intramolecular Hbond substituents is 1. The van der Waals surface area contributed by atoms with Crippen LogP contribution in [0.15, 0.2) is 28.0 Å². The van der Waals surface area contributed by atoms with Crippen molar-refractivity contribution in [2.75, 3.05) is 7.11 Å². The van der Waals surface area contributed by atoms with E-state index in [2.05, 4.69) is 5.16 Å². The lowest BCUT2D eigenvalue weighted by molar-refractivity contribution is 0.318. The Labute approximate surface area is 91.6 Å². The summed E-state index contributed by atoms with van der Waals surface area (Å²) < 4.78 is 10.4. The Hall–Kier alpha value is -2.17. The van der Waals surface area contributed by atoms with Gasteiger partial charge in [0, 0.05) is 6.07 Å². The molecule has 16 heavy (non-hydrogen) atoms. The first kappa shape index (κ1) is 10.4. The molecule has 0 fully saturated rings. The molecule has 0 aliphatic heterocycles. The lowest BCUT2D eigenvalue weighted by Crippen LogP contribution is -2.00. The first-order chi connectivity index (χ1) is 7.69. The van der Waals surface area contributed by atoms with Gasteiger partial charge in [0.1, 0.15) is 17.1 Å². The Balaban J connectivity index is 2.85. The van der Waals surface area contributed by atoms with Crippen LogP contribution in [0.1, 0.15) is 12.5 Å². The molecule has 0 atom stereocenters. The van der Waals surface area contributed by atoms with Crippen LogP contribution in [-0.2, 0) is 0 Å². The van der Waals surface area contributed by atoms with Gasteiger partial charge in [-0.15, -0.1) is 0 Å². The molecule has 2 rings (SSSR count). The summed E-state index contributed by atoms with van der Waals surface area (Å²) in [5.74, 6) is 0.383. The molecule has 0 aliphatic rings. The summed E-state index contributed by atoms with van der Waals surface area (Å²) in [4.78, 5) is 0. The zero-order valence-electron chi connectivity index (χ0n) is 8.89. The minimum absolute atomic E-state index is 0.0467. The average Bonchev–Trinajstić information content (AvgIpc) is 2.73. The van der Waals surface area contributed by atoms with E-state index in [0.717, 1.165) is 5.39 Å². The molecule has 2 aromatic rings. The highest BCUT2D eigenvalue weighted by molar-refractivity contribution is 6.08. The Morgan fingerprint density at radius 1 is 1.50 bits per heavy atom. The van der Waals surface area contributed by atoms with Crippen molar-refractivity contribution in [3.05, 3.63) is 24.0 Å². The van der Waals surface area contributed by atoms with E-state index >= 15 is 0 Å². The minimum atomic E-state index is -0.0467. The molecule has 0 radical (unpaired) electrons. The van der Waals surface area contributed by atoms with Crippen molar-refractivity contribution in [1.29, 1.82) is 0 Å². The summed E-state index contributed by atoms with van der Waals surface area (Å²) in [5.41, 5.74) is 1.15. The number of benzene rings is 1. The van der Waals surface area contributed by atoms with Crippen molar-refractivity contribution in [3.63, 3.8) is 0 Å². The van der Waals surface area contributed by atoms with Gasteiger partial charge in [-0.2, -0.15) is 0 Å². The van der Waals surface area contributed by atoms with Crippen LogP contribution >= 0.6 is 0 Å². The van der Waals surface area contributed by atoms with Crippen molar-refractivity contribution in [2.45, 2.75) is 6.92 Å². The number of nitrogens with zero attached hydrogens (tertiary/aromatic N) is 1. The zero-order chi connectivity index (χ0) is 11.7. The van der Waals surface area contributed by atoms with Gasteiger partial charge in [0.2, 0.25) is 0 Å². The molecule has 5 heteroatoms. The number of rotatable bonds is 2. The highest BCUT2D eigenvalue weighted by Gasteiger charge is 2.18.